The van der Waals surface area contributed by atoms with Crippen LogP contribution in [0.3, 0.4) is 0 Å². The predicted molar refractivity (Wildman–Crippen MR) is 168 cm³/mol. The number of hydroxylamine groups is 2. The summed E-state index contributed by atoms with van der Waals surface area (Å²) >= 11 is 1.07. The third-order valence-electron chi connectivity index (χ3n) is 7.98. The van der Waals surface area contributed by atoms with E-state index in [9.17, 15) is 18.0 Å². The van der Waals surface area contributed by atoms with Crippen molar-refractivity contribution in [1.29, 1.82) is 0 Å². The predicted octanol–water partition coefficient (Wildman–Crippen LogP) is 0.265. The second-order valence-electron chi connectivity index (χ2n) is 11.7. The maximum Gasteiger partial charge on any atom is 0.418 e. The van der Waals surface area contributed by atoms with Crippen molar-refractivity contribution < 1.29 is 36.4 Å². The van der Waals surface area contributed by atoms with Crippen molar-refractivity contribution in [2.75, 3.05) is 18.9 Å². The Morgan fingerprint density at radius 1 is 1.20 bits per heavy atom. The Bertz CT molecular complexity index is 1640. The number of β-lactam (4-membered cyclic amide) rings is 1. The van der Waals surface area contributed by atoms with Crippen molar-refractivity contribution in [2.45, 2.75) is 76.3 Å². The number of benzene rings is 1. The van der Waals surface area contributed by atoms with Crippen LogP contribution in [-0.4, -0.2) is 88.3 Å². The number of nitrogen functional groups attached to an aromatic ring is 1. The van der Waals surface area contributed by atoms with Crippen molar-refractivity contribution in [2.24, 2.45) is 21.6 Å². The van der Waals surface area contributed by atoms with Crippen LogP contribution in [0.15, 0.2) is 33.7 Å². The van der Waals surface area contributed by atoms with Crippen LogP contribution < -0.4 is 27.3 Å². The zero-order valence-electron chi connectivity index (χ0n) is 25.3. The van der Waals surface area contributed by atoms with E-state index in [0.29, 0.717) is 29.9 Å². The lowest BCUT2D eigenvalue weighted by molar-refractivity contribution is -0.218. The molecule has 1 unspecified atom stereocenters. The average molecular weight is 680 g/mol. The smallest absolute Gasteiger partial charge is 0.418 e. The molecule has 1 aromatic heterocycles. The van der Waals surface area contributed by atoms with Gasteiger partial charge in [-0.15, -0.1) is 15.6 Å². The molecular weight excluding hydrogens is 642 g/mol. The van der Waals surface area contributed by atoms with Gasteiger partial charge in [0.2, 0.25) is 0 Å². The standard InChI is InChI=1S/C27H37N9O8S2/c1-27(2)22(24(38)36(27)44-46(39,40)41)33-23(37)21(20-14-45-26(30)32-20)34-43-10-9-42-19-8-3-15-12-35(13-16(15)11-19)25(29)31-18-6-4-17(28)5-7-18/h3,8,11,14,17-18,22H,4-7,9-10,12-13,28H2,1-2H3,(H2,29,31)(H2,30,32)(H,33,37)(H,39,40,41)/b34-21-. The molecule has 2 fully saturated rings. The van der Waals surface area contributed by atoms with E-state index in [1.807, 2.05) is 23.1 Å². The number of aromatic nitrogens is 1. The Kier molecular flexibility index (Phi) is 9.68. The van der Waals surface area contributed by atoms with Gasteiger partial charge in [0.1, 0.15) is 24.1 Å². The highest BCUT2D eigenvalue weighted by molar-refractivity contribution is 7.80. The number of hydrogen-bond donors (Lipinski definition) is 5. The van der Waals surface area contributed by atoms with Crippen LogP contribution in [0.5, 0.6) is 5.75 Å². The summed E-state index contributed by atoms with van der Waals surface area (Å²) in [5, 5.41) is 8.51. The SMILES string of the molecule is CC1(C)C(NC(=O)/C(=N\OCCOc2ccc3c(c2)CN(C(N)=NC2CCC(N)CC2)C3)c2csc(N)n2)C(=O)N1OS(=O)(=O)O. The maximum atomic E-state index is 13.1. The average Bonchev–Trinajstić information content (AvgIpc) is 3.63. The number of thiazole rings is 1. The van der Waals surface area contributed by atoms with Gasteiger partial charge in [0, 0.05) is 24.5 Å². The van der Waals surface area contributed by atoms with Gasteiger partial charge < -0.3 is 37.0 Å². The van der Waals surface area contributed by atoms with Crippen LogP contribution in [0.25, 0.3) is 0 Å². The van der Waals surface area contributed by atoms with Gasteiger partial charge >= 0.3 is 10.4 Å². The number of amides is 2. The zero-order valence-corrected chi connectivity index (χ0v) is 26.9. The van der Waals surface area contributed by atoms with Gasteiger partial charge in [-0.2, -0.15) is 13.5 Å². The van der Waals surface area contributed by atoms with Crippen LogP contribution in [-0.2, 0) is 42.2 Å². The molecule has 46 heavy (non-hydrogen) atoms. The van der Waals surface area contributed by atoms with Crippen molar-refractivity contribution in [3.05, 3.63) is 40.4 Å². The fourth-order valence-electron chi connectivity index (χ4n) is 5.45. The number of nitrogens with one attached hydrogen (secondary N) is 1. The Hall–Kier alpha value is -4.04. The summed E-state index contributed by atoms with van der Waals surface area (Å²) in [5.74, 6) is -0.579. The summed E-state index contributed by atoms with van der Waals surface area (Å²) in [6.07, 6.45) is 3.82. The van der Waals surface area contributed by atoms with Crippen molar-refractivity contribution in [3.63, 3.8) is 0 Å². The minimum atomic E-state index is -4.95. The number of oxime groups is 1. The molecule has 0 spiro atoms. The van der Waals surface area contributed by atoms with Crippen LogP contribution in [0, 0.1) is 0 Å². The number of guanidine groups is 1. The molecule has 250 valence electrons. The zero-order chi connectivity index (χ0) is 33.2. The Labute approximate surface area is 269 Å². The molecule has 2 aromatic rings. The first kappa shape index (κ1) is 33.3. The largest absolute Gasteiger partial charge is 0.490 e. The quantitative estimate of drug-likeness (QED) is 0.0535. The van der Waals surface area contributed by atoms with E-state index in [4.69, 9.17) is 36.3 Å². The highest BCUT2D eigenvalue weighted by Crippen LogP contribution is 2.33. The van der Waals surface area contributed by atoms with Gasteiger partial charge in [0.15, 0.2) is 23.4 Å². The van der Waals surface area contributed by atoms with E-state index >= 15 is 0 Å². The van der Waals surface area contributed by atoms with Gasteiger partial charge in [-0.1, -0.05) is 11.2 Å². The summed E-state index contributed by atoms with van der Waals surface area (Å²) in [6.45, 7) is 4.21. The number of carbonyl (C=O) groups is 2. The minimum Gasteiger partial charge on any atom is -0.490 e. The van der Waals surface area contributed by atoms with Gasteiger partial charge in [0.05, 0.1) is 11.6 Å². The van der Waals surface area contributed by atoms with E-state index in [-0.39, 0.29) is 41.8 Å². The number of carbonyl (C=O) groups excluding carboxylic acids is 2. The molecule has 19 heteroatoms. The number of nitrogens with zero attached hydrogens (tertiary/aromatic N) is 5. The van der Waals surface area contributed by atoms with Gasteiger partial charge in [-0.3, -0.25) is 14.1 Å². The molecule has 5 rings (SSSR count). The highest BCUT2D eigenvalue weighted by atomic mass is 32.3. The normalized spacial score (nSPS) is 23.1. The lowest BCUT2D eigenvalue weighted by Gasteiger charge is -2.50. The molecule has 1 saturated carbocycles. The highest BCUT2D eigenvalue weighted by Gasteiger charge is 2.58. The molecular formula is C27H37N9O8S2. The number of rotatable bonds is 11. The number of hydrogen-bond acceptors (Lipinski definition) is 13. The van der Waals surface area contributed by atoms with Crippen molar-refractivity contribution in [3.8, 4) is 5.75 Å². The van der Waals surface area contributed by atoms with Crippen LogP contribution in [0.2, 0.25) is 0 Å². The van der Waals surface area contributed by atoms with Crippen molar-refractivity contribution >= 4 is 50.4 Å². The first-order chi connectivity index (χ1) is 21.7. The molecule has 1 saturated heterocycles. The number of aliphatic imine (C=N–C) groups is 1. The first-order valence-electron chi connectivity index (χ1n) is 14.5. The van der Waals surface area contributed by atoms with Crippen LogP contribution in [0.1, 0.15) is 56.4 Å². The molecule has 1 aromatic carbocycles. The lowest BCUT2D eigenvalue weighted by Crippen LogP contribution is -2.76. The third kappa shape index (κ3) is 7.66. The van der Waals surface area contributed by atoms with E-state index in [0.717, 1.165) is 48.1 Å². The lowest BCUT2D eigenvalue weighted by atomic mass is 9.84. The van der Waals surface area contributed by atoms with E-state index in [1.165, 1.54) is 19.2 Å². The summed E-state index contributed by atoms with van der Waals surface area (Å²) < 4.78 is 41.3. The Balaban J connectivity index is 1.15. The van der Waals surface area contributed by atoms with Crippen molar-refractivity contribution in [1.82, 2.24) is 20.3 Å². The molecule has 2 aliphatic heterocycles. The molecule has 1 aliphatic carbocycles. The summed E-state index contributed by atoms with van der Waals surface area (Å²) in [5.41, 5.74) is 18.8. The minimum absolute atomic E-state index is 0.0336. The van der Waals surface area contributed by atoms with E-state index < -0.39 is 33.8 Å². The maximum absolute atomic E-state index is 13.1. The van der Waals surface area contributed by atoms with Crippen LogP contribution in [0.4, 0.5) is 5.13 Å². The molecule has 0 radical (unpaired) electrons. The molecule has 0 bridgehead atoms. The Morgan fingerprint density at radius 3 is 2.57 bits per heavy atom. The van der Waals surface area contributed by atoms with Gasteiger partial charge in [-0.25, -0.2) is 9.98 Å². The number of nitrogens with two attached hydrogens (primary N) is 3. The monoisotopic (exact) mass is 679 g/mol. The molecule has 2 amide bonds. The third-order valence-corrected chi connectivity index (χ3v) is 8.99. The molecule has 17 nitrogen and oxygen atoms in total. The first-order valence-corrected chi connectivity index (χ1v) is 16.8. The fourth-order valence-corrected chi connectivity index (χ4v) is 6.45. The summed E-state index contributed by atoms with van der Waals surface area (Å²) in [6, 6.07) is 5.03. The number of anilines is 1. The number of fused-ring (bicyclic) bond motifs is 1. The fraction of sp³-hybridized carbons (Fsp3) is 0.519. The summed E-state index contributed by atoms with van der Waals surface area (Å²) in [4.78, 5) is 41.8. The molecule has 8 N–H and O–H groups in total. The van der Waals surface area contributed by atoms with Crippen LogP contribution >= 0.6 is 11.3 Å². The number of ether oxygens (including phenoxy) is 1. The topological polar surface area (TPSA) is 250 Å². The second kappa shape index (κ2) is 13.4. The molecule has 3 heterocycles. The van der Waals surface area contributed by atoms with Gasteiger partial charge in [0.25, 0.3) is 11.8 Å². The molecule has 3 aliphatic rings. The van der Waals surface area contributed by atoms with E-state index in [2.05, 4.69) is 19.7 Å². The van der Waals surface area contributed by atoms with Gasteiger partial charge in [-0.05, 0) is 62.8 Å². The Morgan fingerprint density at radius 2 is 1.91 bits per heavy atom. The van der Waals surface area contributed by atoms with E-state index in [1.54, 1.807) is 0 Å². The molecule has 1 atom stereocenters. The summed E-state index contributed by atoms with van der Waals surface area (Å²) in [7, 11) is -4.95. The second-order valence-corrected chi connectivity index (χ2v) is 13.6.